The maximum Gasteiger partial charge on any atom is 0.326 e. The number of hydrogen-bond acceptors (Lipinski definition) is 4. The van der Waals surface area contributed by atoms with Gasteiger partial charge >= 0.3 is 11.9 Å². The van der Waals surface area contributed by atoms with Crippen molar-refractivity contribution in [2.24, 2.45) is 5.92 Å². The zero-order chi connectivity index (χ0) is 18.2. The highest BCUT2D eigenvalue weighted by atomic mass is 16.5. The molecule has 0 spiro atoms. The lowest BCUT2D eigenvalue weighted by atomic mass is 9.94. The number of benzene rings is 1. The van der Waals surface area contributed by atoms with Crippen LogP contribution in [0.15, 0.2) is 24.3 Å². The Kier molecular flexibility index (Phi) is 6.98. The lowest BCUT2D eigenvalue weighted by molar-refractivity contribution is -0.152. The van der Waals surface area contributed by atoms with Gasteiger partial charge in [0.2, 0.25) is 5.91 Å². The SMILES string of the molecule is COC(=O)C1Cc2cccc(c2)CCCCCC[C@@H](C(=O)O)NC1=O. The van der Waals surface area contributed by atoms with Crippen LogP contribution in [0.3, 0.4) is 0 Å². The summed E-state index contributed by atoms with van der Waals surface area (Å²) < 4.78 is 4.75. The maximum atomic E-state index is 12.5. The van der Waals surface area contributed by atoms with E-state index in [2.05, 4.69) is 5.32 Å². The summed E-state index contributed by atoms with van der Waals surface area (Å²) in [5.74, 6) is -3.38. The van der Waals surface area contributed by atoms with Crippen molar-refractivity contribution in [2.45, 2.75) is 51.0 Å². The summed E-state index contributed by atoms with van der Waals surface area (Å²) in [4.78, 5) is 36.0. The molecule has 6 heteroatoms. The van der Waals surface area contributed by atoms with E-state index >= 15 is 0 Å². The highest BCUT2D eigenvalue weighted by molar-refractivity contribution is 5.99. The first-order valence-electron chi connectivity index (χ1n) is 8.70. The second kappa shape index (κ2) is 9.20. The highest BCUT2D eigenvalue weighted by Crippen LogP contribution is 2.17. The predicted molar refractivity (Wildman–Crippen MR) is 92.0 cm³/mol. The Morgan fingerprint density at radius 1 is 1.16 bits per heavy atom. The summed E-state index contributed by atoms with van der Waals surface area (Å²) >= 11 is 0. The van der Waals surface area contributed by atoms with Gasteiger partial charge in [0.1, 0.15) is 12.0 Å². The number of nitrogens with one attached hydrogen (secondary N) is 1. The van der Waals surface area contributed by atoms with E-state index in [0.717, 1.165) is 37.7 Å². The van der Waals surface area contributed by atoms with Gasteiger partial charge in [-0.2, -0.15) is 0 Å². The summed E-state index contributed by atoms with van der Waals surface area (Å²) in [6, 6.07) is 6.86. The zero-order valence-corrected chi connectivity index (χ0v) is 14.5. The normalized spacial score (nSPS) is 22.4. The van der Waals surface area contributed by atoms with E-state index in [1.165, 1.54) is 12.7 Å². The van der Waals surface area contributed by atoms with E-state index in [0.29, 0.717) is 6.42 Å². The van der Waals surface area contributed by atoms with Crippen molar-refractivity contribution in [1.29, 1.82) is 0 Å². The van der Waals surface area contributed by atoms with Gasteiger partial charge in [0.25, 0.3) is 0 Å². The van der Waals surface area contributed by atoms with Crippen LogP contribution in [0.1, 0.15) is 43.2 Å². The van der Waals surface area contributed by atoms with Gasteiger partial charge in [0, 0.05) is 0 Å². The molecule has 1 aliphatic rings. The predicted octanol–water partition coefficient (Wildman–Crippen LogP) is 2.09. The van der Waals surface area contributed by atoms with E-state index in [1.807, 2.05) is 24.3 Å². The molecule has 1 aromatic carbocycles. The van der Waals surface area contributed by atoms with Crippen LogP contribution >= 0.6 is 0 Å². The first-order chi connectivity index (χ1) is 12.0. The summed E-state index contributed by atoms with van der Waals surface area (Å²) in [7, 11) is 1.23. The minimum atomic E-state index is -1.08. The fraction of sp³-hybridized carbons (Fsp3) is 0.526. The molecule has 0 radical (unpaired) electrons. The molecule has 1 amide bonds. The number of hydrogen-bond donors (Lipinski definition) is 2. The molecule has 0 aromatic heterocycles. The molecule has 6 nitrogen and oxygen atoms in total. The van der Waals surface area contributed by atoms with Crippen LogP contribution in [0, 0.1) is 5.92 Å². The van der Waals surface area contributed by atoms with Gasteiger partial charge in [-0.3, -0.25) is 9.59 Å². The van der Waals surface area contributed by atoms with Crippen LogP contribution in [-0.2, 0) is 32.0 Å². The number of fused-ring (bicyclic) bond motifs is 2. The Morgan fingerprint density at radius 3 is 2.60 bits per heavy atom. The average molecular weight is 347 g/mol. The van der Waals surface area contributed by atoms with E-state index < -0.39 is 29.8 Å². The number of aliphatic carboxylic acids is 1. The molecule has 2 N–H and O–H groups in total. The maximum absolute atomic E-state index is 12.5. The molecule has 2 atom stereocenters. The second-order valence-corrected chi connectivity index (χ2v) is 6.45. The van der Waals surface area contributed by atoms with Crippen LogP contribution in [0.25, 0.3) is 0 Å². The van der Waals surface area contributed by atoms with Crippen LogP contribution in [0.4, 0.5) is 0 Å². The molecule has 1 aromatic rings. The summed E-state index contributed by atoms with van der Waals surface area (Å²) in [6.07, 6.45) is 5.19. The quantitative estimate of drug-likeness (QED) is 0.631. The molecule has 1 heterocycles. The molecule has 2 rings (SSSR count). The first-order valence-corrected chi connectivity index (χ1v) is 8.70. The summed E-state index contributed by atoms with van der Waals surface area (Å²) in [5, 5.41) is 11.8. The van der Waals surface area contributed by atoms with Gasteiger partial charge in [0.05, 0.1) is 7.11 Å². The molecule has 0 saturated heterocycles. The second-order valence-electron chi connectivity index (χ2n) is 6.45. The molecule has 0 aliphatic carbocycles. The van der Waals surface area contributed by atoms with Crippen LogP contribution in [-0.4, -0.2) is 36.1 Å². The van der Waals surface area contributed by atoms with Gasteiger partial charge in [-0.25, -0.2) is 4.79 Å². The van der Waals surface area contributed by atoms with Crippen molar-refractivity contribution in [3.63, 3.8) is 0 Å². The molecule has 1 unspecified atom stereocenters. The summed E-state index contributed by atoms with van der Waals surface area (Å²) in [5.41, 5.74) is 2.05. The van der Waals surface area contributed by atoms with Crippen molar-refractivity contribution in [2.75, 3.05) is 7.11 Å². The van der Waals surface area contributed by atoms with E-state index in [9.17, 15) is 19.5 Å². The topological polar surface area (TPSA) is 92.7 Å². The molecule has 1 aliphatic heterocycles. The fourth-order valence-electron chi connectivity index (χ4n) is 3.13. The largest absolute Gasteiger partial charge is 0.480 e. The number of aryl methyl sites for hydroxylation is 1. The molecule has 2 bridgehead atoms. The van der Waals surface area contributed by atoms with Crippen molar-refractivity contribution < 1.29 is 24.2 Å². The number of amides is 1. The number of rotatable bonds is 2. The van der Waals surface area contributed by atoms with Crippen molar-refractivity contribution in [3.8, 4) is 0 Å². The smallest absolute Gasteiger partial charge is 0.326 e. The number of carboxylic acid groups (broad SMARTS) is 1. The van der Waals surface area contributed by atoms with Crippen molar-refractivity contribution in [1.82, 2.24) is 5.32 Å². The molecule has 25 heavy (non-hydrogen) atoms. The van der Waals surface area contributed by atoms with Gasteiger partial charge < -0.3 is 15.2 Å². The third kappa shape index (κ3) is 5.59. The highest BCUT2D eigenvalue weighted by Gasteiger charge is 2.31. The number of methoxy groups -OCH3 is 1. The lowest BCUT2D eigenvalue weighted by Crippen LogP contribution is -2.46. The van der Waals surface area contributed by atoms with Gasteiger partial charge in [-0.05, 0) is 36.8 Å². The van der Waals surface area contributed by atoms with Crippen LogP contribution in [0.5, 0.6) is 0 Å². The molecule has 0 saturated carbocycles. The van der Waals surface area contributed by atoms with E-state index in [1.54, 1.807) is 0 Å². The van der Waals surface area contributed by atoms with Gasteiger partial charge in [-0.1, -0.05) is 43.5 Å². The number of ether oxygens (including phenoxy) is 1. The third-order valence-electron chi connectivity index (χ3n) is 4.56. The fourth-order valence-corrected chi connectivity index (χ4v) is 3.13. The monoisotopic (exact) mass is 347 g/mol. The average Bonchev–Trinajstić information content (AvgIpc) is 2.60. The number of carbonyl (C=O) groups excluding carboxylic acids is 2. The van der Waals surface area contributed by atoms with E-state index in [-0.39, 0.29) is 6.42 Å². The standard InChI is InChI=1S/C19H25NO5/c1-25-19(24)15-12-14-9-6-8-13(11-14)7-4-2-3-5-10-16(18(22)23)20-17(15)21/h6,8-9,11,15-16H,2-5,7,10,12H2,1H3,(H,20,21)(H,22,23)/t15?,16-/m0/s1. The Bertz CT molecular complexity index is 628. The lowest BCUT2D eigenvalue weighted by Gasteiger charge is -2.20. The Balaban J connectivity index is 2.27. The number of carbonyl (C=O) groups is 3. The first kappa shape index (κ1) is 19.0. The Hall–Kier alpha value is -2.37. The minimum absolute atomic E-state index is 0.193. The Morgan fingerprint density at radius 2 is 1.88 bits per heavy atom. The third-order valence-corrected chi connectivity index (χ3v) is 4.56. The molecular formula is C19H25NO5. The number of esters is 1. The molecule has 136 valence electrons. The van der Waals surface area contributed by atoms with Gasteiger partial charge in [-0.15, -0.1) is 0 Å². The Labute approximate surface area is 147 Å². The molecule has 0 fully saturated rings. The van der Waals surface area contributed by atoms with Crippen molar-refractivity contribution in [3.05, 3.63) is 35.4 Å². The minimum Gasteiger partial charge on any atom is -0.480 e. The number of carboxylic acids is 1. The van der Waals surface area contributed by atoms with Crippen LogP contribution in [0.2, 0.25) is 0 Å². The van der Waals surface area contributed by atoms with Gasteiger partial charge in [0.15, 0.2) is 0 Å². The summed E-state index contributed by atoms with van der Waals surface area (Å²) in [6.45, 7) is 0. The van der Waals surface area contributed by atoms with E-state index in [4.69, 9.17) is 4.74 Å². The zero-order valence-electron chi connectivity index (χ0n) is 14.5. The van der Waals surface area contributed by atoms with Crippen LogP contribution < -0.4 is 5.32 Å². The van der Waals surface area contributed by atoms with Crippen molar-refractivity contribution >= 4 is 17.8 Å². The molecular weight excluding hydrogens is 322 g/mol.